The van der Waals surface area contributed by atoms with Gasteiger partial charge in [-0.05, 0) is 61.2 Å². The zero-order valence-corrected chi connectivity index (χ0v) is 18.4. The van der Waals surface area contributed by atoms with Crippen LogP contribution in [-0.2, 0) is 0 Å². The maximum Gasteiger partial charge on any atom is 0.276 e. The fraction of sp³-hybridized carbons (Fsp3) is 0.200. The number of nitrogens with zero attached hydrogens (tertiary/aromatic N) is 2. The van der Waals surface area contributed by atoms with Gasteiger partial charge < -0.3 is 4.74 Å². The van der Waals surface area contributed by atoms with Gasteiger partial charge in [0.25, 0.3) is 17.4 Å². The molecule has 4 rings (SSSR count). The summed E-state index contributed by atoms with van der Waals surface area (Å²) in [5.74, 6) is 0.109. The Morgan fingerprint density at radius 2 is 1.76 bits per heavy atom. The first-order valence-electron chi connectivity index (χ1n) is 10.6. The first-order valence-corrected chi connectivity index (χ1v) is 10.6. The van der Waals surface area contributed by atoms with Gasteiger partial charge in [0.1, 0.15) is 17.1 Å². The highest BCUT2D eigenvalue weighted by molar-refractivity contribution is 5.98. The summed E-state index contributed by atoms with van der Waals surface area (Å²) in [4.78, 5) is 42.4. The molecular weight excluding hydrogens is 420 g/mol. The van der Waals surface area contributed by atoms with Crippen LogP contribution in [0.3, 0.4) is 0 Å². The van der Waals surface area contributed by atoms with Crippen LogP contribution in [0.4, 0.5) is 0 Å². The maximum absolute atomic E-state index is 13.2. The second kappa shape index (κ2) is 9.52. The van der Waals surface area contributed by atoms with Crippen molar-refractivity contribution in [1.29, 1.82) is 0 Å². The highest BCUT2D eigenvalue weighted by Gasteiger charge is 2.25. The Labute approximate surface area is 190 Å². The number of amides is 2. The minimum absolute atomic E-state index is 0.111. The number of rotatable bonds is 4. The van der Waals surface area contributed by atoms with E-state index in [1.807, 2.05) is 37.3 Å². The molecular formula is C25H24N4O4. The van der Waals surface area contributed by atoms with Gasteiger partial charge in [0.05, 0.1) is 7.11 Å². The van der Waals surface area contributed by atoms with E-state index in [0.29, 0.717) is 11.4 Å². The Hall–Kier alpha value is -4.20. The summed E-state index contributed by atoms with van der Waals surface area (Å²) in [7, 11) is 1.61. The Kier molecular flexibility index (Phi) is 6.35. The molecule has 0 saturated carbocycles. The van der Waals surface area contributed by atoms with Gasteiger partial charge in [-0.15, -0.1) is 0 Å². The zero-order valence-electron chi connectivity index (χ0n) is 18.4. The monoisotopic (exact) mass is 444 g/mol. The molecule has 0 bridgehead atoms. The Bertz CT molecular complexity index is 1260. The van der Waals surface area contributed by atoms with Gasteiger partial charge in [0, 0.05) is 17.8 Å². The molecule has 2 amide bonds. The van der Waals surface area contributed by atoms with Gasteiger partial charge in [-0.3, -0.25) is 29.8 Å². The van der Waals surface area contributed by atoms with Crippen LogP contribution in [0.25, 0.3) is 11.6 Å². The molecule has 1 aliphatic heterocycles. The summed E-state index contributed by atoms with van der Waals surface area (Å²) in [6.45, 7) is 1.93. The molecule has 3 aromatic rings. The van der Waals surface area contributed by atoms with Gasteiger partial charge in [-0.2, -0.15) is 0 Å². The fourth-order valence-corrected chi connectivity index (χ4v) is 3.76. The van der Waals surface area contributed by atoms with Crippen molar-refractivity contribution in [2.75, 3.05) is 7.11 Å². The second-order valence-corrected chi connectivity index (χ2v) is 7.78. The summed E-state index contributed by atoms with van der Waals surface area (Å²) in [5.41, 5.74) is 6.32. The Balaban J connectivity index is 1.58. The minimum atomic E-state index is -0.717. The number of hydrogen-bond donors (Lipinski definition) is 2. The van der Waals surface area contributed by atoms with Crippen LogP contribution in [0.5, 0.6) is 5.75 Å². The normalized spacial score (nSPS) is 16.1. The SMILES string of the molecule is COc1ccc(/C=C2\CCC(C)n3c2ncc(C(=O)NNC(=O)c2ccccc2)c3=O)cc1. The van der Waals surface area contributed by atoms with E-state index in [0.717, 1.165) is 29.7 Å². The van der Waals surface area contributed by atoms with Crippen molar-refractivity contribution in [3.63, 3.8) is 0 Å². The van der Waals surface area contributed by atoms with E-state index in [2.05, 4.69) is 15.8 Å². The van der Waals surface area contributed by atoms with Crippen LogP contribution in [-0.4, -0.2) is 28.5 Å². The highest BCUT2D eigenvalue weighted by atomic mass is 16.5. The standard InChI is InChI=1S/C25H24N4O4/c1-16-8-11-19(14-17-9-12-20(33-2)13-10-17)22-26-15-21(25(32)29(16)22)24(31)28-27-23(30)18-6-4-3-5-7-18/h3-7,9-10,12-16H,8,11H2,1-2H3,(H,27,30)(H,28,31)/b19-14+. The molecule has 1 aromatic heterocycles. The van der Waals surface area contributed by atoms with Gasteiger partial charge in [0.15, 0.2) is 0 Å². The molecule has 1 unspecified atom stereocenters. The lowest BCUT2D eigenvalue weighted by Gasteiger charge is -2.26. The third kappa shape index (κ3) is 4.69. The van der Waals surface area contributed by atoms with Gasteiger partial charge in [0.2, 0.25) is 0 Å². The van der Waals surface area contributed by atoms with Crippen molar-refractivity contribution in [2.24, 2.45) is 0 Å². The van der Waals surface area contributed by atoms with E-state index in [-0.39, 0.29) is 11.6 Å². The molecule has 1 atom stereocenters. The van der Waals surface area contributed by atoms with Crippen molar-refractivity contribution in [1.82, 2.24) is 20.4 Å². The van der Waals surface area contributed by atoms with Crippen molar-refractivity contribution < 1.29 is 14.3 Å². The minimum Gasteiger partial charge on any atom is -0.497 e. The number of benzene rings is 2. The number of hydrazine groups is 1. The lowest BCUT2D eigenvalue weighted by Crippen LogP contribution is -2.45. The summed E-state index contributed by atoms with van der Waals surface area (Å²) in [5, 5.41) is 0. The van der Waals surface area contributed by atoms with Gasteiger partial charge in [-0.25, -0.2) is 4.98 Å². The van der Waals surface area contributed by atoms with Crippen molar-refractivity contribution >= 4 is 23.5 Å². The smallest absolute Gasteiger partial charge is 0.276 e. The maximum atomic E-state index is 13.2. The van der Waals surface area contributed by atoms with Crippen LogP contribution in [0.2, 0.25) is 0 Å². The van der Waals surface area contributed by atoms with Crippen molar-refractivity contribution in [3.8, 4) is 5.75 Å². The Morgan fingerprint density at radius 3 is 2.45 bits per heavy atom. The lowest BCUT2D eigenvalue weighted by molar-refractivity contribution is 0.0845. The number of fused-ring (bicyclic) bond motifs is 1. The number of carbonyl (C=O) groups is 2. The third-order valence-corrected chi connectivity index (χ3v) is 5.58. The summed E-state index contributed by atoms with van der Waals surface area (Å²) >= 11 is 0. The molecule has 0 saturated heterocycles. The topological polar surface area (TPSA) is 102 Å². The predicted octanol–water partition coefficient (Wildman–Crippen LogP) is 3.22. The summed E-state index contributed by atoms with van der Waals surface area (Å²) in [6, 6.07) is 16.0. The average Bonchev–Trinajstić information content (AvgIpc) is 2.85. The molecule has 8 heteroatoms. The van der Waals surface area contributed by atoms with Crippen LogP contribution >= 0.6 is 0 Å². The van der Waals surface area contributed by atoms with E-state index in [1.54, 1.807) is 42.0 Å². The molecule has 2 heterocycles. The van der Waals surface area contributed by atoms with Gasteiger partial charge in [-0.1, -0.05) is 30.3 Å². The number of carbonyl (C=O) groups excluding carboxylic acids is 2. The fourth-order valence-electron chi connectivity index (χ4n) is 3.76. The quantitative estimate of drug-likeness (QED) is 0.602. The number of hydrogen-bond acceptors (Lipinski definition) is 5. The summed E-state index contributed by atoms with van der Waals surface area (Å²) in [6.07, 6.45) is 4.76. The first-order chi connectivity index (χ1) is 16.0. The molecule has 2 N–H and O–H groups in total. The number of nitrogens with one attached hydrogen (secondary N) is 2. The molecule has 8 nitrogen and oxygen atoms in total. The molecule has 0 spiro atoms. The molecule has 168 valence electrons. The van der Waals surface area contributed by atoms with E-state index >= 15 is 0 Å². The Morgan fingerprint density at radius 1 is 1.06 bits per heavy atom. The lowest BCUT2D eigenvalue weighted by atomic mass is 9.97. The molecule has 0 aliphatic carbocycles. The molecule has 1 aliphatic rings. The van der Waals surface area contributed by atoms with Crippen LogP contribution in [0.15, 0.2) is 65.6 Å². The number of allylic oxidation sites excluding steroid dienone is 1. The molecule has 0 radical (unpaired) electrons. The van der Waals surface area contributed by atoms with Crippen LogP contribution in [0.1, 0.15) is 57.9 Å². The van der Waals surface area contributed by atoms with Crippen LogP contribution < -0.4 is 21.1 Å². The van der Waals surface area contributed by atoms with Crippen LogP contribution in [0, 0.1) is 0 Å². The van der Waals surface area contributed by atoms with E-state index < -0.39 is 17.4 Å². The zero-order chi connectivity index (χ0) is 23.4. The third-order valence-electron chi connectivity index (χ3n) is 5.58. The number of ether oxygens (including phenoxy) is 1. The van der Waals surface area contributed by atoms with E-state index in [1.165, 1.54) is 6.20 Å². The molecule has 2 aromatic carbocycles. The van der Waals surface area contributed by atoms with E-state index in [4.69, 9.17) is 4.74 Å². The molecule has 0 fully saturated rings. The predicted molar refractivity (Wildman–Crippen MR) is 125 cm³/mol. The van der Waals surface area contributed by atoms with Gasteiger partial charge >= 0.3 is 0 Å². The number of methoxy groups -OCH3 is 1. The van der Waals surface area contributed by atoms with Crippen molar-refractivity contribution in [2.45, 2.75) is 25.8 Å². The van der Waals surface area contributed by atoms with E-state index in [9.17, 15) is 14.4 Å². The second-order valence-electron chi connectivity index (χ2n) is 7.78. The van der Waals surface area contributed by atoms with Crippen molar-refractivity contribution in [3.05, 3.63) is 93.7 Å². The number of aromatic nitrogens is 2. The molecule has 33 heavy (non-hydrogen) atoms. The largest absolute Gasteiger partial charge is 0.497 e. The average molecular weight is 444 g/mol. The first kappa shape index (κ1) is 22.0. The summed E-state index contributed by atoms with van der Waals surface area (Å²) < 4.78 is 6.75. The highest BCUT2D eigenvalue weighted by Crippen LogP contribution is 2.31.